The molecule has 0 aliphatic heterocycles. The van der Waals surface area contributed by atoms with Gasteiger partial charge < -0.3 is 11.1 Å². The van der Waals surface area contributed by atoms with Gasteiger partial charge in [-0.3, -0.25) is 0 Å². The first-order chi connectivity index (χ1) is 13.8. The van der Waals surface area contributed by atoms with Gasteiger partial charge in [0.25, 0.3) is 0 Å². The average molecular weight is 358 g/mol. The van der Waals surface area contributed by atoms with Crippen LogP contribution in [0.15, 0.2) is 91.0 Å². The molecular formula is C26H18N2. The Morgan fingerprint density at radius 2 is 1.21 bits per heavy atom. The van der Waals surface area contributed by atoms with E-state index >= 15 is 0 Å². The first-order valence-corrected chi connectivity index (χ1v) is 9.51. The van der Waals surface area contributed by atoms with Gasteiger partial charge in [0.15, 0.2) is 0 Å². The van der Waals surface area contributed by atoms with E-state index in [1.54, 1.807) is 0 Å². The molecule has 6 aromatic rings. The predicted octanol–water partition coefficient (Wildman–Crippen LogP) is 7.06. The maximum atomic E-state index is 6.37. The number of anilines is 3. The van der Waals surface area contributed by atoms with E-state index in [4.69, 9.17) is 5.73 Å². The van der Waals surface area contributed by atoms with Crippen LogP contribution in [0, 0.1) is 0 Å². The van der Waals surface area contributed by atoms with Crippen LogP contribution in [-0.2, 0) is 0 Å². The SMILES string of the molecule is Nc1ccc2c3cccc4cccc(c5c(Nc6ccccc6)ccc1c25)c43. The van der Waals surface area contributed by atoms with Crippen LogP contribution in [0.1, 0.15) is 0 Å². The number of benzene rings is 6. The maximum Gasteiger partial charge on any atom is 0.0470 e. The fourth-order valence-corrected chi connectivity index (χ4v) is 4.53. The van der Waals surface area contributed by atoms with Crippen molar-refractivity contribution < 1.29 is 0 Å². The van der Waals surface area contributed by atoms with E-state index in [0.717, 1.165) is 22.4 Å². The molecule has 132 valence electrons. The summed E-state index contributed by atoms with van der Waals surface area (Å²) in [6.07, 6.45) is 0. The molecular weight excluding hydrogens is 340 g/mol. The number of fused-ring (bicyclic) bond motifs is 2. The molecule has 0 amide bonds. The minimum atomic E-state index is 0.817. The van der Waals surface area contributed by atoms with Crippen molar-refractivity contribution in [2.75, 3.05) is 11.1 Å². The second kappa shape index (κ2) is 5.61. The van der Waals surface area contributed by atoms with Gasteiger partial charge in [0.1, 0.15) is 0 Å². The molecule has 0 saturated heterocycles. The summed E-state index contributed by atoms with van der Waals surface area (Å²) in [4.78, 5) is 0. The Morgan fingerprint density at radius 3 is 2.04 bits per heavy atom. The van der Waals surface area contributed by atoms with Gasteiger partial charge in [0.2, 0.25) is 0 Å². The summed E-state index contributed by atoms with van der Waals surface area (Å²) in [7, 11) is 0. The van der Waals surface area contributed by atoms with Crippen LogP contribution in [-0.4, -0.2) is 0 Å². The second-order valence-electron chi connectivity index (χ2n) is 7.31. The second-order valence-corrected chi connectivity index (χ2v) is 7.31. The Bertz CT molecular complexity index is 1480. The number of nitrogens with two attached hydrogens (primary N) is 1. The van der Waals surface area contributed by atoms with E-state index in [9.17, 15) is 0 Å². The quantitative estimate of drug-likeness (QED) is 0.197. The summed E-state index contributed by atoms with van der Waals surface area (Å²) in [5.74, 6) is 0. The highest BCUT2D eigenvalue weighted by molar-refractivity contribution is 6.36. The highest BCUT2D eigenvalue weighted by atomic mass is 14.9. The molecule has 0 unspecified atom stereocenters. The van der Waals surface area contributed by atoms with Crippen LogP contribution in [0.2, 0.25) is 0 Å². The molecule has 2 nitrogen and oxygen atoms in total. The molecule has 6 aromatic carbocycles. The Labute approximate surface area is 162 Å². The van der Waals surface area contributed by atoms with E-state index in [-0.39, 0.29) is 0 Å². The maximum absolute atomic E-state index is 6.37. The summed E-state index contributed by atoms with van der Waals surface area (Å²) in [5.41, 5.74) is 9.37. The van der Waals surface area contributed by atoms with Gasteiger partial charge in [-0.05, 0) is 51.2 Å². The Kier molecular flexibility index (Phi) is 3.06. The summed E-state index contributed by atoms with van der Waals surface area (Å²) >= 11 is 0. The lowest BCUT2D eigenvalue weighted by Gasteiger charge is -2.19. The molecule has 28 heavy (non-hydrogen) atoms. The minimum absolute atomic E-state index is 0.817. The summed E-state index contributed by atoms with van der Waals surface area (Å²) in [6.45, 7) is 0. The Morgan fingerprint density at radius 1 is 0.500 bits per heavy atom. The fourth-order valence-electron chi connectivity index (χ4n) is 4.53. The zero-order valence-electron chi connectivity index (χ0n) is 15.2. The lowest BCUT2D eigenvalue weighted by molar-refractivity contribution is 1.59. The number of nitrogen functional groups attached to an aromatic ring is 1. The molecule has 0 heterocycles. The van der Waals surface area contributed by atoms with Crippen molar-refractivity contribution in [2.45, 2.75) is 0 Å². The van der Waals surface area contributed by atoms with Crippen LogP contribution in [0.4, 0.5) is 17.1 Å². The summed E-state index contributed by atoms with van der Waals surface area (Å²) < 4.78 is 0. The van der Waals surface area contributed by atoms with Crippen LogP contribution in [0.25, 0.3) is 43.1 Å². The van der Waals surface area contributed by atoms with Crippen LogP contribution in [0.5, 0.6) is 0 Å². The first kappa shape index (κ1) is 15.3. The van der Waals surface area contributed by atoms with Crippen molar-refractivity contribution >= 4 is 60.2 Å². The number of hydrogen-bond acceptors (Lipinski definition) is 2. The highest BCUT2D eigenvalue weighted by Crippen LogP contribution is 2.44. The largest absolute Gasteiger partial charge is 0.398 e. The standard InChI is InChI=1S/C26H18N2/c27-22-14-12-19-18-10-4-6-16-7-5-11-21(24(16)18)26-23(15-13-20(22)25(19)26)28-17-8-2-1-3-9-17/h1-15,28H,27H2. The monoisotopic (exact) mass is 358 g/mol. The topological polar surface area (TPSA) is 38.0 Å². The molecule has 0 aliphatic rings. The third-order valence-corrected chi connectivity index (χ3v) is 5.73. The molecule has 0 fully saturated rings. The lowest BCUT2D eigenvalue weighted by atomic mass is 9.88. The first-order valence-electron chi connectivity index (χ1n) is 9.51. The molecule has 2 heteroatoms. The fraction of sp³-hybridized carbons (Fsp3) is 0. The van der Waals surface area contributed by atoms with Crippen LogP contribution < -0.4 is 11.1 Å². The minimum Gasteiger partial charge on any atom is -0.398 e. The Hall–Kier alpha value is -3.78. The zero-order valence-corrected chi connectivity index (χ0v) is 15.2. The van der Waals surface area contributed by atoms with Gasteiger partial charge in [0, 0.05) is 33.2 Å². The van der Waals surface area contributed by atoms with E-state index in [1.165, 1.54) is 37.7 Å². The predicted molar refractivity (Wildman–Crippen MR) is 122 cm³/mol. The van der Waals surface area contributed by atoms with Crippen LogP contribution in [0.3, 0.4) is 0 Å². The zero-order chi connectivity index (χ0) is 18.7. The number of rotatable bonds is 2. The van der Waals surface area contributed by atoms with Gasteiger partial charge in [0.05, 0.1) is 0 Å². The molecule has 0 bridgehead atoms. The van der Waals surface area contributed by atoms with Gasteiger partial charge in [-0.15, -0.1) is 0 Å². The van der Waals surface area contributed by atoms with Crippen LogP contribution >= 0.6 is 0 Å². The molecule has 6 rings (SSSR count). The Balaban J connectivity index is 1.85. The van der Waals surface area contributed by atoms with E-state index < -0.39 is 0 Å². The number of para-hydroxylation sites is 1. The van der Waals surface area contributed by atoms with Gasteiger partial charge in [-0.1, -0.05) is 66.7 Å². The molecule has 0 saturated carbocycles. The molecule has 0 spiro atoms. The van der Waals surface area contributed by atoms with Crippen molar-refractivity contribution in [3.05, 3.63) is 91.0 Å². The molecule has 0 radical (unpaired) electrons. The average Bonchev–Trinajstić information content (AvgIpc) is 2.74. The van der Waals surface area contributed by atoms with E-state index in [2.05, 4.69) is 72.0 Å². The summed E-state index contributed by atoms with van der Waals surface area (Å²) in [5, 5.41) is 13.6. The van der Waals surface area contributed by atoms with E-state index in [0.29, 0.717) is 0 Å². The van der Waals surface area contributed by atoms with Gasteiger partial charge in [-0.2, -0.15) is 0 Å². The van der Waals surface area contributed by atoms with Gasteiger partial charge in [-0.25, -0.2) is 0 Å². The van der Waals surface area contributed by atoms with E-state index in [1.807, 2.05) is 24.3 Å². The molecule has 0 aliphatic carbocycles. The van der Waals surface area contributed by atoms with Crippen molar-refractivity contribution in [3.8, 4) is 0 Å². The van der Waals surface area contributed by atoms with Crippen molar-refractivity contribution in [1.82, 2.24) is 0 Å². The number of nitrogens with one attached hydrogen (secondary N) is 1. The normalized spacial score (nSPS) is 11.7. The van der Waals surface area contributed by atoms with Crippen molar-refractivity contribution in [2.24, 2.45) is 0 Å². The number of hydrogen-bond donors (Lipinski definition) is 2. The molecule has 0 aromatic heterocycles. The summed E-state index contributed by atoms with van der Waals surface area (Å²) in [6, 6.07) is 31.9. The lowest BCUT2D eigenvalue weighted by Crippen LogP contribution is -1.96. The smallest absolute Gasteiger partial charge is 0.0470 e. The highest BCUT2D eigenvalue weighted by Gasteiger charge is 2.16. The van der Waals surface area contributed by atoms with Gasteiger partial charge >= 0.3 is 0 Å². The third-order valence-electron chi connectivity index (χ3n) is 5.73. The third kappa shape index (κ3) is 2.03. The molecule has 3 N–H and O–H groups in total. The molecule has 0 atom stereocenters. The van der Waals surface area contributed by atoms with Crippen molar-refractivity contribution in [3.63, 3.8) is 0 Å². The van der Waals surface area contributed by atoms with Crippen molar-refractivity contribution in [1.29, 1.82) is 0 Å².